The van der Waals surface area contributed by atoms with Gasteiger partial charge in [-0.15, -0.1) is 0 Å². The second-order valence-electron chi connectivity index (χ2n) is 7.17. The van der Waals surface area contributed by atoms with E-state index in [0.717, 1.165) is 58.8 Å². The molecule has 2 amide bonds. The van der Waals surface area contributed by atoms with Gasteiger partial charge in [-0.2, -0.15) is 0 Å². The molecule has 0 radical (unpaired) electrons. The molecule has 3 heterocycles. The van der Waals surface area contributed by atoms with Crippen LogP contribution in [0.25, 0.3) is 10.9 Å². The van der Waals surface area contributed by atoms with E-state index in [9.17, 15) is 4.79 Å². The number of rotatable bonds is 4. The zero-order valence-electron chi connectivity index (χ0n) is 15.3. The number of hydrogen-bond donors (Lipinski definition) is 1. The predicted molar refractivity (Wildman–Crippen MR) is 102 cm³/mol. The van der Waals surface area contributed by atoms with E-state index in [1.165, 1.54) is 10.9 Å². The van der Waals surface area contributed by atoms with Crippen LogP contribution in [0, 0.1) is 0 Å². The highest BCUT2D eigenvalue weighted by atomic mass is 16.5. The minimum absolute atomic E-state index is 0.0712. The van der Waals surface area contributed by atoms with Crippen molar-refractivity contribution in [1.29, 1.82) is 0 Å². The largest absolute Gasteiger partial charge is 0.379 e. The fourth-order valence-electron chi connectivity index (χ4n) is 4.11. The summed E-state index contributed by atoms with van der Waals surface area (Å²) in [4.78, 5) is 16.9. The molecule has 0 spiro atoms. The summed E-state index contributed by atoms with van der Waals surface area (Å²) in [6, 6.07) is 11.1. The van der Waals surface area contributed by atoms with Crippen molar-refractivity contribution in [2.45, 2.75) is 25.4 Å². The van der Waals surface area contributed by atoms with Crippen molar-refractivity contribution in [2.24, 2.45) is 0 Å². The third-order valence-corrected chi connectivity index (χ3v) is 5.62. The number of carbonyl (C=O) groups is 1. The number of urea groups is 1. The first-order valence-electron chi connectivity index (χ1n) is 9.70. The average Bonchev–Trinajstić information content (AvgIpc) is 3.12. The number of morpholine rings is 1. The Balaban J connectivity index is 1.22. The van der Waals surface area contributed by atoms with E-state index in [0.29, 0.717) is 12.6 Å². The van der Waals surface area contributed by atoms with E-state index in [1.807, 2.05) is 4.90 Å². The number of ether oxygens (including phenoxy) is 1. The van der Waals surface area contributed by atoms with Gasteiger partial charge in [0.2, 0.25) is 0 Å². The molecular weight excluding hydrogens is 328 g/mol. The molecule has 2 saturated heterocycles. The summed E-state index contributed by atoms with van der Waals surface area (Å²) < 4.78 is 7.63. The SMILES string of the molecule is O=C(NCCn1ccc2ccccc21)N1CCC(N2CCOCC2)CC1. The third-order valence-electron chi connectivity index (χ3n) is 5.62. The Labute approximate surface area is 154 Å². The van der Waals surface area contributed by atoms with Gasteiger partial charge in [0.1, 0.15) is 0 Å². The van der Waals surface area contributed by atoms with Crippen molar-refractivity contribution in [3.63, 3.8) is 0 Å². The molecule has 0 saturated carbocycles. The maximum absolute atomic E-state index is 12.4. The summed E-state index contributed by atoms with van der Waals surface area (Å²) in [5.74, 6) is 0. The lowest BCUT2D eigenvalue weighted by Crippen LogP contribution is -2.52. The van der Waals surface area contributed by atoms with Crippen LogP contribution in [0.2, 0.25) is 0 Å². The van der Waals surface area contributed by atoms with Crippen LogP contribution in [0.5, 0.6) is 0 Å². The molecule has 2 aromatic rings. The molecule has 1 aromatic heterocycles. The Morgan fingerprint density at radius 3 is 2.65 bits per heavy atom. The van der Waals surface area contributed by atoms with Gasteiger partial charge in [-0.25, -0.2) is 4.79 Å². The number of fused-ring (bicyclic) bond motifs is 1. The highest BCUT2D eigenvalue weighted by Gasteiger charge is 2.27. The summed E-state index contributed by atoms with van der Waals surface area (Å²) in [5, 5.41) is 4.32. The van der Waals surface area contributed by atoms with Gasteiger partial charge in [0, 0.05) is 57.0 Å². The Hall–Kier alpha value is -2.05. The van der Waals surface area contributed by atoms with Gasteiger partial charge in [0.05, 0.1) is 13.2 Å². The number of para-hydroxylation sites is 1. The van der Waals surface area contributed by atoms with E-state index < -0.39 is 0 Å². The quantitative estimate of drug-likeness (QED) is 0.913. The van der Waals surface area contributed by atoms with Crippen molar-refractivity contribution in [1.82, 2.24) is 19.7 Å². The van der Waals surface area contributed by atoms with Gasteiger partial charge in [-0.05, 0) is 30.4 Å². The summed E-state index contributed by atoms with van der Waals surface area (Å²) in [5.41, 5.74) is 1.22. The first-order valence-corrected chi connectivity index (χ1v) is 9.70. The zero-order chi connectivity index (χ0) is 17.8. The smallest absolute Gasteiger partial charge is 0.317 e. The van der Waals surface area contributed by atoms with Crippen LogP contribution >= 0.6 is 0 Å². The maximum atomic E-state index is 12.4. The lowest BCUT2D eigenvalue weighted by Gasteiger charge is -2.40. The molecule has 0 atom stereocenters. The van der Waals surface area contributed by atoms with Crippen molar-refractivity contribution in [3.05, 3.63) is 36.5 Å². The normalized spacial score (nSPS) is 19.8. The van der Waals surface area contributed by atoms with Crippen LogP contribution in [0.15, 0.2) is 36.5 Å². The van der Waals surface area contributed by atoms with E-state index in [2.05, 4.69) is 51.3 Å². The second-order valence-corrected chi connectivity index (χ2v) is 7.17. The first-order chi connectivity index (χ1) is 12.8. The standard InChI is InChI=1S/C20H28N4O2/c25-20(21-8-12-23-9-5-17-3-1-2-4-19(17)23)24-10-6-18(7-11-24)22-13-15-26-16-14-22/h1-5,9,18H,6-8,10-16H2,(H,21,25). The molecule has 140 valence electrons. The van der Waals surface area contributed by atoms with E-state index in [-0.39, 0.29) is 6.03 Å². The molecule has 1 aromatic carbocycles. The monoisotopic (exact) mass is 356 g/mol. The Bertz CT molecular complexity index is 730. The van der Waals surface area contributed by atoms with Gasteiger partial charge in [0.25, 0.3) is 0 Å². The predicted octanol–water partition coefficient (Wildman–Crippen LogP) is 2.15. The van der Waals surface area contributed by atoms with Gasteiger partial charge in [0.15, 0.2) is 0 Å². The highest BCUT2D eigenvalue weighted by Crippen LogP contribution is 2.18. The number of nitrogens with zero attached hydrogens (tertiary/aromatic N) is 3. The highest BCUT2D eigenvalue weighted by molar-refractivity contribution is 5.80. The van der Waals surface area contributed by atoms with Gasteiger partial charge in [-0.3, -0.25) is 4.90 Å². The molecule has 2 fully saturated rings. The maximum Gasteiger partial charge on any atom is 0.317 e. The van der Waals surface area contributed by atoms with Crippen molar-refractivity contribution in [3.8, 4) is 0 Å². The fraction of sp³-hybridized carbons (Fsp3) is 0.550. The van der Waals surface area contributed by atoms with Gasteiger partial charge >= 0.3 is 6.03 Å². The molecule has 2 aliphatic rings. The average molecular weight is 356 g/mol. The summed E-state index contributed by atoms with van der Waals surface area (Å²) in [6.45, 7) is 6.89. The number of nitrogens with one attached hydrogen (secondary N) is 1. The number of aromatic nitrogens is 1. The zero-order valence-corrected chi connectivity index (χ0v) is 15.3. The number of carbonyl (C=O) groups excluding carboxylic acids is 1. The molecule has 2 aliphatic heterocycles. The van der Waals surface area contributed by atoms with Gasteiger partial charge < -0.3 is 19.5 Å². The lowest BCUT2D eigenvalue weighted by atomic mass is 10.0. The van der Waals surface area contributed by atoms with Crippen LogP contribution in [0.4, 0.5) is 4.79 Å². The fourth-order valence-corrected chi connectivity index (χ4v) is 4.11. The van der Waals surface area contributed by atoms with E-state index >= 15 is 0 Å². The van der Waals surface area contributed by atoms with Crippen LogP contribution in [0.3, 0.4) is 0 Å². The van der Waals surface area contributed by atoms with E-state index in [1.54, 1.807) is 0 Å². The number of piperidine rings is 1. The molecular formula is C20H28N4O2. The van der Waals surface area contributed by atoms with Crippen LogP contribution < -0.4 is 5.32 Å². The first kappa shape index (κ1) is 17.4. The molecule has 6 nitrogen and oxygen atoms in total. The minimum atomic E-state index is 0.0712. The van der Waals surface area contributed by atoms with Crippen LogP contribution in [0.1, 0.15) is 12.8 Å². The number of amides is 2. The molecule has 0 aliphatic carbocycles. The Morgan fingerprint density at radius 1 is 1.08 bits per heavy atom. The van der Waals surface area contributed by atoms with Crippen LogP contribution in [-0.4, -0.2) is 72.4 Å². The molecule has 4 rings (SSSR count). The lowest BCUT2D eigenvalue weighted by molar-refractivity contribution is 0.00381. The summed E-state index contributed by atoms with van der Waals surface area (Å²) >= 11 is 0. The molecule has 6 heteroatoms. The summed E-state index contributed by atoms with van der Waals surface area (Å²) in [7, 11) is 0. The number of likely N-dealkylation sites (tertiary alicyclic amines) is 1. The second kappa shape index (κ2) is 8.10. The van der Waals surface area contributed by atoms with Crippen molar-refractivity contribution < 1.29 is 9.53 Å². The minimum Gasteiger partial charge on any atom is -0.379 e. The molecule has 26 heavy (non-hydrogen) atoms. The van der Waals surface area contributed by atoms with Crippen LogP contribution in [-0.2, 0) is 11.3 Å². The number of hydrogen-bond acceptors (Lipinski definition) is 3. The van der Waals surface area contributed by atoms with E-state index in [4.69, 9.17) is 4.74 Å². The third kappa shape index (κ3) is 3.86. The Kier molecular flexibility index (Phi) is 5.41. The molecule has 1 N–H and O–H groups in total. The summed E-state index contributed by atoms with van der Waals surface area (Å²) in [6.07, 6.45) is 4.22. The van der Waals surface area contributed by atoms with Crippen molar-refractivity contribution >= 4 is 16.9 Å². The van der Waals surface area contributed by atoms with Gasteiger partial charge in [-0.1, -0.05) is 18.2 Å². The van der Waals surface area contributed by atoms with Crippen molar-refractivity contribution in [2.75, 3.05) is 45.9 Å². The Morgan fingerprint density at radius 2 is 1.85 bits per heavy atom. The molecule has 0 unspecified atom stereocenters. The molecule has 0 bridgehead atoms. The topological polar surface area (TPSA) is 49.7 Å². The number of benzene rings is 1.